The molecule has 0 aromatic heterocycles. The third-order valence-corrected chi connectivity index (χ3v) is 1.06. The van der Waals surface area contributed by atoms with Crippen molar-refractivity contribution in [3.63, 3.8) is 0 Å². The molecule has 4 heteroatoms. The maximum Gasteiger partial charge on any atom is 0.330 e. The lowest BCUT2D eigenvalue weighted by Gasteiger charge is -1.92. The average Bonchev–Trinajstić information content (AvgIpc) is 2.12. The Morgan fingerprint density at radius 1 is 1.15 bits per heavy atom. The Balaban J connectivity index is 3.80. The molecule has 0 aliphatic carbocycles. The summed E-state index contributed by atoms with van der Waals surface area (Å²) in [7, 11) is 1.28. The van der Waals surface area contributed by atoms with E-state index in [0.717, 1.165) is 0 Å². The maximum absolute atomic E-state index is 10.7. The van der Waals surface area contributed by atoms with Crippen LogP contribution < -0.4 is 0 Å². The Labute approximate surface area is 76.8 Å². The monoisotopic (exact) mass is 184 g/mol. The standard InChI is InChI=1S/C9H12O4/c1-3-13-9(11)7-5-4-6-8(10)12-2/h4-7H,3H2,1-2H3/b6-4+,7-5+. The molecule has 0 saturated carbocycles. The summed E-state index contributed by atoms with van der Waals surface area (Å²) < 4.78 is 8.93. The van der Waals surface area contributed by atoms with Crippen LogP contribution in [-0.4, -0.2) is 25.7 Å². The van der Waals surface area contributed by atoms with Crippen molar-refractivity contribution in [2.75, 3.05) is 13.7 Å². The van der Waals surface area contributed by atoms with Gasteiger partial charge >= 0.3 is 11.9 Å². The van der Waals surface area contributed by atoms with E-state index in [0.29, 0.717) is 6.61 Å². The van der Waals surface area contributed by atoms with Crippen molar-refractivity contribution in [1.29, 1.82) is 0 Å². The molecule has 0 rings (SSSR count). The molecular formula is C9H12O4. The molecule has 4 nitrogen and oxygen atoms in total. The summed E-state index contributed by atoms with van der Waals surface area (Å²) in [6.45, 7) is 2.06. The topological polar surface area (TPSA) is 52.6 Å². The van der Waals surface area contributed by atoms with Gasteiger partial charge in [-0.3, -0.25) is 0 Å². The maximum atomic E-state index is 10.7. The first-order valence-electron chi connectivity index (χ1n) is 3.80. The van der Waals surface area contributed by atoms with Crippen LogP contribution >= 0.6 is 0 Å². The smallest absolute Gasteiger partial charge is 0.330 e. The molecule has 0 unspecified atom stereocenters. The van der Waals surface area contributed by atoms with E-state index in [1.807, 2.05) is 0 Å². The molecule has 0 aromatic rings. The van der Waals surface area contributed by atoms with E-state index in [4.69, 9.17) is 0 Å². The Bertz CT molecular complexity index is 228. The van der Waals surface area contributed by atoms with Gasteiger partial charge in [0.2, 0.25) is 0 Å². The number of allylic oxidation sites excluding steroid dienone is 2. The predicted molar refractivity (Wildman–Crippen MR) is 46.9 cm³/mol. The third-order valence-electron chi connectivity index (χ3n) is 1.06. The van der Waals surface area contributed by atoms with E-state index in [1.54, 1.807) is 6.92 Å². The van der Waals surface area contributed by atoms with Crippen molar-refractivity contribution >= 4 is 11.9 Å². The molecule has 72 valence electrons. The predicted octanol–water partition coefficient (Wildman–Crippen LogP) is 0.835. The summed E-state index contributed by atoms with van der Waals surface area (Å²) in [6, 6.07) is 0. The van der Waals surface area contributed by atoms with E-state index < -0.39 is 11.9 Å². The molecule has 0 radical (unpaired) electrons. The van der Waals surface area contributed by atoms with Crippen LogP contribution in [0.3, 0.4) is 0 Å². The van der Waals surface area contributed by atoms with Gasteiger partial charge in [-0.25, -0.2) is 9.59 Å². The van der Waals surface area contributed by atoms with Crippen LogP contribution in [0.15, 0.2) is 24.3 Å². The second-order valence-corrected chi connectivity index (χ2v) is 1.99. The first-order chi connectivity index (χ1) is 6.20. The SMILES string of the molecule is CCOC(=O)/C=C/C=C/C(=O)OC. The Morgan fingerprint density at radius 3 is 2.15 bits per heavy atom. The van der Waals surface area contributed by atoms with Crippen LogP contribution in [0.25, 0.3) is 0 Å². The van der Waals surface area contributed by atoms with Crippen LogP contribution in [0.4, 0.5) is 0 Å². The van der Waals surface area contributed by atoms with Crippen molar-refractivity contribution in [3.8, 4) is 0 Å². The molecule has 0 aromatic carbocycles. The quantitative estimate of drug-likeness (QED) is 0.369. The molecule has 13 heavy (non-hydrogen) atoms. The van der Waals surface area contributed by atoms with Gasteiger partial charge in [-0.05, 0) is 6.92 Å². The molecule has 0 aliphatic rings. The van der Waals surface area contributed by atoms with Crippen molar-refractivity contribution in [2.24, 2.45) is 0 Å². The highest BCUT2D eigenvalue weighted by molar-refractivity contribution is 5.84. The molecule has 0 fully saturated rings. The summed E-state index contributed by atoms with van der Waals surface area (Å²) in [5, 5.41) is 0. The van der Waals surface area contributed by atoms with Gasteiger partial charge in [-0.2, -0.15) is 0 Å². The van der Waals surface area contributed by atoms with Crippen molar-refractivity contribution in [2.45, 2.75) is 6.92 Å². The number of carbonyl (C=O) groups excluding carboxylic acids is 2. The number of hydrogen-bond acceptors (Lipinski definition) is 4. The molecular weight excluding hydrogens is 172 g/mol. The first kappa shape index (κ1) is 11.4. The summed E-state index contributed by atoms with van der Waals surface area (Å²) in [5.74, 6) is -0.898. The van der Waals surface area contributed by atoms with Gasteiger partial charge in [0.25, 0.3) is 0 Å². The Hall–Kier alpha value is -1.58. The zero-order chi connectivity index (χ0) is 10.1. The second-order valence-electron chi connectivity index (χ2n) is 1.99. The minimum atomic E-state index is -0.464. The molecule has 0 N–H and O–H groups in total. The fourth-order valence-corrected chi connectivity index (χ4v) is 0.527. The van der Waals surface area contributed by atoms with Crippen molar-refractivity contribution in [3.05, 3.63) is 24.3 Å². The van der Waals surface area contributed by atoms with Crippen LogP contribution in [0.2, 0.25) is 0 Å². The zero-order valence-corrected chi connectivity index (χ0v) is 7.65. The van der Waals surface area contributed by atoms with E-state index in [-0.39, 0.29) is 0 Å². The number of rotatable bonds is 4. The summed E-state index contributed by atoms with van der Waals surface area (Å²) >= 11 is 0. The third kappa shape index (κ3) is 6.80. The normalized spacial score (nSPS) is 10.6. The molecule has 0 saturated heterocycles. The van der Waals surface area contributed by atoms with E-state index in [1.165, 1.54) is 31.4 Å². The number of hydrogen-bond donors (Lipinski definition) is 0. The van der Waals surface area contributed by atoms with Crippen LogP contribution in [0.5, 0.6) is 0 Å². The van der Waals surface area contributed by atoms with Crippen molar-refractivity contribution < 1.29 is 19.1 Å². The van der Waals surface area contributed by atoms with Gasteiger partial charge in [0.15, 0.2) is 0 Å². The van der Waals surface area contributed by atoms with E-state index in [9.17, 15) is 9.59 Å². The Kier molecular flexibility index (Phi) is 6.23. The molecule has 0 amide bonds. The minimum absolute atomic E-state index is 0.337. The minimum Gasteiger partial charge on any atom is -0.466 e. The van der Waals surface area contributed by atoms with E-state index in [2.05, 4.69) is 9.47 Å². The summed E-state index contributed by atoms with van der Waals surface area (Å²) in [5.41, 5.74) is 0. The van der Waals surface area contributed by atoms with Crippen LogP contribution in [-0.2, 0) is 19.1 Å². The van der Waals surface area contributed by atoms with Gasteiger partial charge < -0.3 is 9.47 Å². The number of esters is 2. The lowest BCUT2D eigenvalue weighted by Crippen LogP contribution is -1.98. The zero-order valence-electron chi connectivity index (χ0n) is 7.65. The lowest BCUT2D eigenvalue weighted by atomic mass is 10.4. The number of ether oxygens (including phenoxy) is 2. The van der Waals surface area contributed by atoms with Crippen LogP contribution in [0, 0.1) is 0 Å². The van der Waals surface area contributed by atoms with Gasteiger partial charge in [0.05, 0.1) is 13.7 Å². The van der Waals surface area contributed by atoms with Gasteiger partial charge in [0.1, 0.15) is 0 Å². The molecule has 0 heterocycles. The van der Waals surface area contributed by atoms with Crippen molar-refractivity contribution in [1.82, 2.24) is 0 Å². The molecule has 0 aliphatic heterocycles. The van der Waals surface area contributed by atoms with Gasteiger partial charge in [-0.15, -0.1) is 0 Å². The first-order valence-corrected chi connectivity index (χ1v) is 3.80. The van der Waals surface area contributed by atoms with E-state index >= 15 is 0 Å². The average molecular weight is 184 g/mol. The largest absolute Gasteiger partial charge is 0.466 e. The molecule has 0 atom stereocenters. The molecule has 0 spiro atoms. The highest BCUT2D eigenvalue weighted by Crippen LogP contribution is 1.84. The summed E-state index contributed by atoms with van der Waals surface area (Å²) in [4.78, 5) is 21.2. The fourth-order valence-electron chi connectivity index (χ4n) is 0.527. The number of methoxy groups -OCH3 is 1. The highest BCUT2D eigenvalue weighted by Gasteiger charge is 1.91. The Morgan fingerprint density at radius 2 is 1.69 bits per heavy atom. The molecule has 0 bridgehead atoms. The van der Waals surface area contributed by atoms with Gasteiger partial charge in [-0.1, -0.05) is 12.2 Å². The van der Waals surface area contributed by atoms with Crippen LogP contribution in [0.1, 0.15) is 6.92 Å². The lowest BCUT2D eigenvalue weighted by molar-refractivity contribution is -0.137. The summed E-state index contributed by atoms with van der Waals surface area (Å²) in [6.07, 6.45) is 5.25. The fraction of sp³-hybridized carbons (Fsp3) is 0.333. The van der Waals surface area contributed by atoms with Gasteiger partial charge in [0, 0.05) is 12.2 Å². The second kappa shape index (κ2) is 7.09. The number of carbonyl (C=O) groups is 2. The highest BCUT2D eigenvalue weighted by atomic mass is 16.5.